The molecule has 0 saturated heterocycles. The molecule has 0 aliphatic rings. The van der Waals surface area contributed by atoms with Gasteiger partial charge in [-0.15, -0.1) is 0 Å². The first kappa shape index (κ1) is 24.6. The van der Waals surface area contributed by atoms with Crippen molar-refractivity contribution in [2.75, 3.05) is 7.05 Å². The van der Waals surface area contributed by atoms with E-state index in [4.69, 9.17) is 5.53 Å². The molecule has 0 rings (SSSR count). The zero-order valence-corrected chi connectivity index (χ0v) is 10.3. The molecule has 0 heterocycles. The maximum Gasteiger partial charge on any atom is 2.00 e. The molecule has 0 bridgehead atoms. The van der Waals surface area contributed by atoms with Crippen LogP contribution in [0.2, 0.25) is 0 Å². The van der Waals surface area contributed by atoms with Crippen molar-refractivity contribution in [2.24, 2.45) is 5.11 Å². The Kier molecular flexibility index (Phi) is 224. The first-order valence-electron chi connectivity index (χ1n) is 1.35. The summed E-state index contributed by atoms with van der Waals surface area (Å²) >= 11 is 0. The minimum Gasteiger partial charge on any atom is -0.712 e. The smallest absolute Gasteiger partial charge is 0.712 e. The number of hydrogen-bond acceptors (Lipinski definition) is 1. The summed E-state index contributed by atoms with van der Waals surface area (Å²) in [4.78, 5) is 0. The minimum absolute atomic E-state index is 0. The van der Waals surface area contributed by atoms with Gasteiger partial charge in [-0.3, -0.25) is 0 Å². The first-order valence-corrected chi connectivity index (χ1v) is 1.35. The Morgan fingerprint density at radius 1 is 1.43 bits per heavy atom. The van der Waals surface area contributed by atoms with Gasteiger partial charge in [-0.05, 0) is 0 Å². The summed E-state index contributed by atoms with van der Waals surface area (Å²) in [6.45, 7) is 5.00. The molecule has 0 unspecified atom stereocenters. The zero-order valence-electron chi connectivity index (χ0n) is 4.42. The van der Waals surface area contributed by atoms with Crippen molar-refractivity contribution >= 4 is 0 Å². The third kappa shape index (κ3) is 181. The average Bonchev–Trinajstić information content (AvgIpc) is 1.46. The predicted molar refractivity (Wildman–Crippen MR) is 22.7 cm³/mol. The van der Waals surface area contributed by atoms with Gasteiger partial charge in [0.2, 0.25) is 0 Å². The zero-order chi connectivity index (χ0) is 4.71. The maximum atomic E-state index is 7.19. The third-order valence-electron chi connectivity index (χ3n) is 0. The molecule has 0 N–H and O–H groups in total. The molecular weight excluding hydrogens is 432 g/mol. The Morgan fingerprint density at radius 2 is 1.43 bits per heavy atom. The summed E-state index contributed by atoms with van der Waals surface area (Å²) in [6, 6.07) is 0. The number of hydrogen-bond donors (Lipinski definition) is 0. The quantitative estimate of drug-likeness (QED) is 0.405. The van der Waals surface area contributed by atoms with Crippen LogP contribution < -0.4 is 0 Å². The van der Waals surface area contributed by atoms with Gasteiger partial charge in [0.15, 0.2) is 0 Å². The van der Waals surface area contributed by atoms with Crippen LogP contribution in [0, 0.1) is 6.92 Å². The molecule has 0 saturated carbocycles. The molecule has 0 aliphatic carbocycles. The van der Waals surface area contributed by atoms with E-state index in [1.54, 1.807) is 6.92 Å². The summed E-state index contributed by atoms with van der Waals surface area (Å²) in [5.74, 6) is 0. The fourth-order valence-corrected chi connectivity index (χ4v) is 0. The van der Waals surface area contributed by atoms with Crippen LogP contribution in [0.3, 0.4) is 0 Å². The topological polar surface area (TPSA) is 34.7 Å². The van der Waals surface area contributed by atoms with Crippen LogP contribution in [0.4, 0.5) is 0 Å². The van der Waals surface area contributed by atoms with Gasteiger partial charge >= 0.3 is 21.1 Å². The third-order valence-corrected chi connectivity index (χ3v) is 0. The Morgan fingerprint density at radius 3 is 1.43 bits per heavy atom. The average molecular weight is 440 g/mol. The van der Waals surface area contributed by atoms with Gasteiger partial charge in [0.05, 0.1) is 0 Å². The van der Waals surface area contributed by atoms with Crippen molar-refractivity contribution in [1.82, 2.24) is 0 Å². The normalized spacial score (nSPS) is 2.71. The Hall–Kier alpha value is 0.977. The Bertz CT molecular complexity index is 18.4. The second kappa shape index (κ2) is 63.8. The van der Waals surface area contributed by atoms with Crippen LogP contribution in [-0.4, -0.2) is 7.05 Å². The van der Waals surface area contributed by atoms with Gasteiger partial charge < -0.3 is 17.6 Å². The van der Waals surface area contributed by atoms with Crippen molar-refractivity contribution in [3.8, 4) is 0 Å². The molecule has 0 atom stereocenters. The fraction of sp³-hybridized carbons (Fsp3) is 0.667. The predicted octanol–water partition coefficient (Wildman–Crippen LogP) is 1.47. The van der Waals surface area contributed by atoms with Crippen LogP contribution in [-0.2, 0) is 42.1 Å². The van der Waals surface area contributed by atoms with E-state index in [-0.39, 0.29) is 42.1 Å². The molecule has 0 aromatic heterocycles. The van der Waals surface area contributed by atoms with E-state index in [2.05, 4.69) is 12.0 Å². The van der Waals surface area contributed by atoms with Gasteiger partial charge in [-0.25, -0.2) is 0 Å². The van der Waals surface area contributed by atoms with E-state index in [0.29, 0.717) is 0 Å². The van der Waals surface area contributed by atoms with E-state index >= 15 is 0 Å². The SMILES string of the molecule is CN=[N-].[CH2-]C.[W+2].[W]. The summed E-state index contributed by atoms with van der Waals surface area (Å²) < 4.78 is 0. The molecular formula is C3H8N2W2. The minimum atomic E-state index is 0. The van der Waals surface area contributed by atoms with Crippen LogP contribution in [0.5, 0.6) is 0 Å². The first-order chi connectivity index (χ1) is 2.41. The largest absolute Gasteiger partial charge is 2.00 e. The van der Waals surface area contributed by atoms with Crippen LogP contribution in [0.25, 0.3) is 5.53 Å². The maximum absolute atomic E-state index is 7.19. The van der Waals surface area contributed by atoms with Gasteiger partial charge in [-0.1, -0.05) is 0 Å². The van der Waals surface area contributed by atoms with E-state index in [9.17, 15) is 0 Å². The molecule has 0 aromatic carbocycles. The van der Waals surface area contributed by atoms with Crippen molar-refractivity contribution in [3.05, 3.63) is 12.5 Å². The number of rotatable bonds is 0. The molecule has 0 aliphatic heterocycles. The molecule has 42 valence electrons. The van der Waals surface area contributed by atoms with E-state index in [0.717, 1.165) is 0 Å². The molecule has 7 heavy (non-hydrogen) atoms. The van der Waals surface area contributed by atoms with Crippen molar-refractivity contribution in [2.45, 2.75) is 6.92 Å². The van der Waals surface area contributed by atoms with Gasteiger partial charge in [0.25, 0.3) is 0 Å². The Balaban J connectivity index is -0.0000000105. The molecule has 0 amide bonds. The molecule has 0 fully saturated rings. The molecule has 0 aromatic rings. The summed E-state index contributed by atoms with van der Waals surface area (Å²) in [7, 11) is 1.31. The molecule has 4 heteroatoms. The monoisotopic (exact) mass is 440 g/mol. The van der Waals surface area contributed by atoms with Gasteiger partial charge in [0.1, 0.15) is 0 Å². The van der Waals surface area contributed by atoms with Crippen molar-refractivity contribution < 1.29 is 42.1 Å². The molecule has 2 nitrogen and oxygen atoms in total. The van der Waals surface area contributed by atoms with E-state index in [1.165, 1.54) is 7.05 Å². The Labute approximate surface area is 73.5 Å². The van der Waals surface area contributed by atoms with E-state index < -0.39 is 0 Å². The molecule has 0 spiro atoms. The fourth-order valence-electron chi connectivity index (χ4n) is 0. The second-order valence-electron chi connectivity index (χ2n) is 0.200. The summed E-state index contributed by atoms with van der Waals surface area (Å²) in [5, 5.41) is 2.50. The van der Waals surface area contributed by atoms with Gasteiger partial charge in [0, 0.05) is 28.1 Å². The van der Waals surface area contributed by atoms with E-state index in [1.807, 2.05) is 0 Å². The summed E-state index contributed by atoms with van der Waals surface area (Å²) in [6.07, 6.45) is 0. The van der Waals surface area contributed by atoms with Crippen LogP contribution in [0.15, 0.2) is 5.11 Å². The second-order valence-corrected chi connectivity index (χ2v) is 0.200. The van der Waals surface area contributed by atoms with Crippen LogP contribution >= 0.6 is 0 Å². The standard InChI is InChI=1S/C2H5.CH3N2.2W/c1-2;1-3-2;;/h1H2,2H3;1H3;;/q2*-1;;+2. The van der Waals surface area contributed by atoms with Crippen molar-refractivity contribution in [1.29, 1.82) is 0 Å². The summed E-state index contributed by atoms with van der Waals surface area (Å²) in [5.41, 5.74) is 7.19. The van der Waals surface area contributed by atoms with Gasteiger partial charge in [-0.2, -0.15) is 6.92 Å². The van der Waals surface area contributed by atoms with Crippen LogP contribution in [0.1, 0.15) is 6.92 Å². The number of nitrogens with zero attached hydrogens (tertiary/aromatic N) is 2. The molecule has 0 radical (unpaired) electrons. The van der Waals surface area contributed by atoms with Crippen molar-refractivity contribution in [3.63, 3.8) is 0 Å².